The Morgan fingerprint density at radius 1 is 1.22 bits per heavy atom. The van der Waals surface area contributed by atoms with Gasteiger partial charge in [-0.05, 0) is 24.9 Å². The van der Waals surface area contributed by atoms with Gasteiger partial charge in [0.1, 0.15) is 5.54 Å². The molecule has 2 heterocycles. The Labute approximate surface area is 106 Å². The summed E-state index contributed by atoms with van der Waals surface area (Å²) in [6, 6.07) is 9.86. The second-order valence-electron chi connectivity index (χ2n) is 5.07. The SMILES string of the molecule is O=C1NC(=O)C2(Cc3ccccc3)NCCCC12. The first-order chi connectivity index (χ1) is 8.72. The van der Waals surface area contributed by atoms with E-state index in [0.717, 1.165) is 24.9 Å². The van der Waals surface area contributed by atoms with E-state index in [1.54, 1.807) is 0 Å². The minimum absolute atomic E-state index is 0.122. The van der Waals surface area contributed by atoms with Gasteiger partial charge >= 0.3 is 0 Å². The van der Waals surface area contributed by atoms with E-state index in [0.29, 0.717) is 6.42 Å². The maximum atomic E-state index is 12.2. The van der Waals surface area contributed by atoms with Crippen LogP contribution in [-0.4, -0.2) is 23.9 Å². The van der Waals surface area contributed by atoms with E-state index in [1.807, 2.05) is 30.3 Å². The molecule has 4 heteroatoms. The van der Waals surface area contributed by atoms with Crippen molar-refractivity contribution in [3.05, 3.63) is 35.9 Å². The van der Waals surface area contributed by atoms with Crippen LogP contribution < -0.4 is 10.6 Å². The highest BCUT2D eigenvalue weighted by atomic mass is 16.2. The zero-order valence-electron chi connectivity index (χ0n) is 10.1. The average molecular weight is 244 g/mol. The van der Waals surface area contributed by atoms with Crippen molar-refractivity contribution in [1.29, 1.82) is 0 Å². The molecule has 0 bridgehead atoms. The lowest BCUT2D eigenvalue weighted by molar-refractivity contribution is -0.126. The fourth-order valence-electron chi connectivity index (χ4n) is 3.07. The van der Waals surface area contributed by atoms with Gasteiger partial charge in [0.25, 0.3) is 0 Å². The summed E-state index contributed by atoms with van der Waals surface area (Å²) in [7, 11) is 0. The van der Waals surface area contributed by atoms with Crippen molar-refractivity contribution in [2.24, 2.45) is 5.92 Å². The topological polar surface area (TPSA) is 58.2 Å². The molecule has 2 aliphatic heterocycles. The van der Waals surface area contributed by atoms with Crippen LogP contribution in [0.4, 0.5) is 0 Å². The van der Waals surface area contributed by atoms with Crippen LogP contribution in [0.5, 0.6) is 0 Å². The first-order valence-electron chi connectivity index (χ1n) is 6.37. The third-order valence-electron chi connectivity index (χ3n) is 3.99. The normalized spacial score (nSPS) is 31.0. The molecule has 0 aliphatic carbocycles. The van der Waals surface area contributed by atoms with Crippen molar-refractivity contribution in [2.75, 3.05) is 6.54 Å². The molecule has 2 N–H and O–H groups in total. The second kappa shape index (κ2) is 4.21. The summed E-state index contributed by atoms with van der Waals surface area (Å²) in [6.45, 7) is 0.796. The maximum Gasteiger partial charge on any atom is 0.248 e. The van der Waals surface area contributed by atoms with Crippen LogP contribution in [0.1, 0.15) is 18.4 Å². The van der Waals surface area contributed by atoms with Gasteiger partial charge in [-0.15, -0.1) is 0 Å². The van der Waals surface area contributed by atoms with E-state index in [1.165, 1.54) is 0 Å². The highest BCUT2D eigenvalue weighted by molar-refractivity contribution is 6.10. The van der Waals surface area contributed by atoms with E-state index in [2.05, 4.69) is 10.6 Å². The van der Waals surface area contributed by atoms with E-state index < -0.39 is 5.54 Å². The van der Waals surface area contributed by atoms with E-state index in [4.69, 9.17) is 0 Å². The van der Waals surface area contributed by atoms with Gasteiger partial charge in [0.15, 0.2) is 0 Å². The quantitative estimate of drug-likeness (QED) is 0.750. The van der Waals surface area contributed by atoms with Crippen molar-refractivity contribution < 1.29 is 9.59 Å². The minimum atomic E-state index is -0.726. The molecule has 1 aromatic carbocycles. The summed E-state index contributed by atoms with van der Waals surface area (Å²) >= 11 is 0. The first kappa shape index (κ1) is 11.4. The average Bonchev–Trinajstić information content (AvgIpc) is 2.63. The fourth-order valence-corrected chi connectivity index (χ4v) is 3.07. The molecule has 0 spiro atoms. The van der Waals surface area contributed by atoms with Gasteiger partial charge < -0.3 is 5.32 Å². The van der Waals surface area contributed by atoms with Crippen molar-refractivity contribution >= 4 is 11.8 Å². The van der Waals surface area contributed by atoms with Gasteiger partial charge in [0.2, 0.25) is 11.8 Å². The number of nitrogens with one attached hydrogen (secondary N) is 2. The van der Waals surface area contributed by atoms with Crippen LogP contribution in [0, 0.1) is 5.92 Å². The lowest BCUT2D eigenvalue weighted by Gasteiger charge is -2.36. The lowest BCUT2D eigenvalue weighted by atomic mass is 9.76. The third-order valence-corrected chi connectivity index (χ3v) is 3.99. The summed E-state index contributed by atoms with van der Waals surface area (Å²) in [6.07, 6.45) is 2.31. The molecule has 0 saturated carbocycles. The van der Waals surface area contributed by atoms with Crippen molar-refractivity contribution in [3.8, 4) is 0 Å². The molecular formula is C14H16N2O2. The molecule has 2 fully saturated rings. The molecule has 94 valence electrons. The van der Waals surface area contributed by atoms with E-state index in [9.17, 15) is 9.59 Å². The molecule has 1 aromatic rings. The number of hydrogen-bond acceptors (Lipinski definition) is 3. The van der Waals surface area contributed by atoms with Crippen LogP contribution in [0.3, 0.4) is 0 Å². The molecular weight excluding hydrogens is 228 g/mol. The summed E-state index contributed by atoms with van der Waals surface area (Å²) in [4.78, 5) is 24.0. The standard InChI is InChI=1S/C14H16N2O2/c17-12-11-7-4-8-15-14(11,13(18)16-12)9-10-5-2-1-3-6-10/h1-3,5-6,11,15H,4,7-9H2,(H,16,17,18). The van der Waals surface area contributed by atoms with Crippen molar-refractivity contribution in [1.82, 2.24) is 10.6 Å². The molecule has 2 aliphatic rings. The molecule has 4 nitrogen and oxygen atoms in total. The molecule has 0 radical (unpaired) electrons. The molecule has 0 aromatic heterocycles. The summed E-state index contributed by atoms with van der Waals surface area (Å²) in [5.41, 5.74) is 0.359. The van der Waals surface area contributed by atoms with Crippen LogP contribution in [-0.2, 0) is 16.0 Å². The van der Waals surface area contributed by atoms with Crippen LogP contribution in [0.2, 0.25) is 0 Å². The third kappa shape index (κ3) is 1.64. The zero-order valence-corrected chi connectivity index (χ0v) is 10.1. The molecule has 2 atom stereocenters. The van der Waals surface area contributed by atoms with Gasteiger partial charge in [-0.1, -0.05) is 30.3 Å². The van der Waals surface area contributed by atoms with Crippen molar-refractivity contribution in [2.45, 2.75) is 24.8 Å². The molecule has 2 amide bonds. The van der Waals surface area contributed by atoms with Crippen molar-refractivity contribution in [3.63, 3.8) is 0 Å². The number of rotatable bonds is 2. The lowest BCUT2D eigenvalue weighted by Crippen LogP contribution is -2.59. The Hall–Kier alpha value is -1.68. The number of hydrogen-bond donors (Lipinski definition) is 2. The molecule has 2 unspecified atom stereocenters. The molecule has 3 rings (SSSR count). The molecule has 18 heavy (non-hydrogen) atoms. The number of piperidine rings is 1. The first-order valence-corrected chi connectivity index (χ1v) is 6.37. The molecule has 2 saturated heterocycles. The summed E-state index contributed by atoms with van der Waals surface area (Å²) in [5, 5.41) is 5.77. The predicted octanol–water partition coefficient (Wildman–Crippen LogP) is 0.624. The van der Waals surface area contributed by atoms with Gasteiger partial charge in [0, 0.05) is 6.42 Å². The van der Waals surface area contributed by atoms with Gasteiger partial charge in [0.05, 0.1) is 5.92 Å². The smallest absolute Gasteiger partial charge is 0.248 e. The number of carbonyl (C=O) groups excluding carboxylic acids is 2. The van der Waals surface area contributed by atoms with Gasteiger partial charge in [-0.2, -0.15) is 0 Å². The second-order valence-corrected chi connectivity index (χ2v) is 5.07. The summed E-state index contributed by atoms with van der Waals surface area (Å²) in [5.74, 6) is -0.511. The number of fused-ring (bicyclic) bond motifs is 1. The monoisotopic (exact) mass is 244 g/mol. The summed E-state index contributed by atoms with van der Waals surface area (Å²) < 4.78 is 0. The highest BCUT2D eigenvalue weighted by Gasteiger charge is 2.55. The Bertz CT molecular complexity index is 486. The largest absolute Gasteiger partial charge is 0.302 e. The van der Waals surface area contributed by atoms with Gasteiger partial charge in [-0.25, -0.2) is 0 Å². The van der Waals surface area contributed by atoms with E-state index >= 15 is 0 Å². The number of imide groups is 1. The predicted molar refractivity (Wildman–Crippen MR) is 66.8 cm³/mol. The van der Waals surface area contributed by atoms with Crippen LogP contribution >= 0.6 is 0 Å². The fraction of sp³-hybridized carbons (Fsp3) is 0.429. The zero-order chi connectivity index (χ0) is 12.6. The van der Waals surface area contributed by atoms with Crippen LogP contribution in [0.15, 0.2) is 30.3 Å². The van der Waals surface area contributed by atoms with E-state index in [-0.39, 0.29) is 17.7 Å². The Morgan fingerprint density at radius 3 is 2.78 bits per heavy atom. The maximum absolute atomic E-state index is 12.2. The number of benzene rings is 1. The number of amides is 2. The Morgan fingerprint density at radius 2 is 2.00 bits per heavy atom. The highest BCUT2D eigenvalue weighted by Crippen LogP contribution is 2.34. The minimum Gasteiger partial charge on any atom is -0.302 e. The van der Waals surface area contributed by atoms with Gasteiger partial charge in [-0.3, -0.25) is 14.9 Å². The Balaban J connectivity index is 1.95. The Kier molecular flexibility index (Phi) is 2.67. The number of carbonyl (C=O) groups is 2. The van der Waals surface area contributed by atoms with Crippen LogP contribution in [0.25, 0.3) is 0 Å².